The molecule has 0 bridgehead atoms. The van der Waals surface area contributed by atoms with E-state index in [-0.39, 0.29) is 29.7 Å². The number of hydrogen-bond acceptors (Lipinski definition) is 6. The predicted molar refractivity (Wildman–Crippen MR) is 113 cm³/mol. The molecule has 8 nitrogen and oxygen atoms in total. The van der Waals surface area contributed by atoms with Crippen molar-refractivity contribution in [1.82, 2.24) is 10.6 Å². The molecule has 3 N–H and O–H groups in total. The van der Waals surface area contributed by atoms with Crippen molar-refractivity contribution >= 4 is 29.5 Å². The van der Waals surface area contributed by atoms with E-state index in [1.807, 2.05) is 13.2 Å². The third-order valence-corrected chi connectivity index (χ3v) is 4.65. The van der Waals surface area contributed by atoms with Crippen LogP contribution in [-0.2, 0) is 16.0 Å². The molecule has 0 saturated heterocycles. The number of carbonyl (C=O) groups is 3. The highest BCUT2D eigenvalue weighted by molar-refractivity contribution is 7.98. The molecule has 0 unspecified atom stereocenters. The summed E-state index contributed by atoms with van der Waals surface area (Å²) in [6.07, 6.45) is 2.75. The molecule has 0 aromatic heterocycles. The minimum Gasteiger partial charge on any atom is -0.490 e. The van der Waals surface area contributed by atoms with Crippen LogP contribution < -0.4 is 20.1 Å². The summed E-state index contributed by atoms with van der Waals surface area (Å²) in [5.41, 5.74) is 0.567. The summed E-state index contributed by atoms with van der Waals surface area (Å²) >= 11 is 1.59. The quantitative estimate of drug-likeness (QED) is 0.443. The van der Waals surface area contributed by atoms with Crippen molar-refractivity contribution in [3.63, 3.8) is 0 Å². The van der Waals surface area contributed by atoms with Gasteiger partial charge in [-0.3, -0.25) is 9.59 Å². The molecule has 0 radical (unpaired) electrons. The number of hydrogen-bond donors (Lipinski definition) is 3. The second-order valence-corrected chi connectivity index (χ2v) is 7.16. The van der Waals surface area contributed by atoms with Gasteiger partial charge in [-0.2, -0.15) is 11.8 Å². The third-order valence-electron chi connectivity index (χ3n) is 4.01. The van der Waals surface area contributed by atoms with E-state index in [4.69, 9.17) is 9.47 Å². The average molecular weight is 427 g/mol. The number of thioether (sulfide) groups is 1. The van der Waals surface area contributed by atoms with E-state index in [0.717, 1.165) is 5.75 Å². The van der Waals surface area contributed by atoms with E-state index < -0.39 is 12.0 Å². The van der Waals surface area contributed by atoms with Gasteiger partial charge in [-0.25, -0.2) is 4.79 Å². The predicted octanol–water partition coefficient (Wildman–Crippen LogP) is 2.10. The molecular formula is C20H30N2O6S. The highest BCUT2D eigenvalue weighted by atomic mass is 32.2. The van der Waals surface area contributed by atoms with Crippen LogP contribution >= 0.6 is 11.8 Å². The second-order valence-electron chi connectivity index (χ2n) is 6.17. The molecular weight excluding hydrogens is 396 g/mol. The molecule has 1 aromatic rings. The zero-order valence-corrected chi connectivity index (χ0v) is 18.2. The Labute approximate surface area is 175 Å². The van der Waals surface area contributed by atoms with Gasteiger partial charge in [-0.1, -0.05) is 6.07 Å². The fourth-order valence-corrected chi connectivity index (χ4v) is 3.27. The van der Waals surface area contributed by atoms with Crippen LogP contribution in [0.5, 0.6) is 11.5 Å². The monoisotopic (exact) mass is 426 g/mol. The van der Waals surface area contributed by atoms with Gasteiger partial charge in [0, 0.05) is 13.5 Å². The van der Waals surface area contributed by atoms with Gasteiger partial charge in [-0.15, -0.1) is 0 Å². The molecule has 1 atom stereocenters. The first-order valence-corrected chi connectivity index (χ1v) is 10.9. The minimum atomic E-state index is -1.12. The first-order valence-electron chi connectivity index (χ1n) is 9.54. The SMILES string of the molecule is CCOc1ccc(CCNC(=O)[C@H](CCSC)NC(C)=O)c(C(=O)O)c1OCC. The summed E-state index contributed by atoms with van der Waals surface area (Å²) in [4.78, 5) is 35.6. The number of carboxylic acid groups (broad SMARTS) is 1. The van der Waals surface area contributed by atoms with Gasteiger partial charge in [0.25, 0.3) is 0 Å². The molecule has 0 aliphatic rings. The largest absolute Gasteiger partial charge is 0.490 e. The minimum absolute atomic E-state index is 0.0350. The highest BCUT2D eigenvalue weighted by Crippen LogP contribution is 2.34. The maximum atomic E-state index is 12.4. The standard InChI is InChI=1S/C20H30N2O6S/c1-5-27-16-8-7-14(17(20(25)26)18(16)28-6-2)9-11-21-19(24)15(10-12-29-4)22-13(3)23/h7-8,15H,5-6,9-12H2,1-4H3,(H,21,24)(H,22,23)(H,25,26)/t15-/m0/s1. The molecule has 0 fully saturated rings. The summed E-state index contributed by atoms with van der Waals surface area (Å²) < 4.78 is 11.0. The van der Waals surface area contributed by atoms with Crippen LogP contribution in [0.1, 0.15) is 43.1 Å². The van der Waals surface area contributed by atoms with E-state index in [9.17, 15) is 19.5 Å². The highest BCUT2D eigenvalue weighted by Gasteiger charge is 2.22. The van der Waals surface area contributed by atoms with Crippen LogP contribution in [0.4, 0.5) is 0 Å². The number of rotatable bonds is 13. The summed E-state index contributed by atoms with van der Waals surface area (Å²) in [7, 11) is 0. The second kappa shape index (κ2) is 12.9. The maximum Gasteiger partial charge on any atom is 0.339 e. The number of carbonyl (C=O) groups excluding carboxylic acids is 2. The molecule has 0 aliphatic heterocycles. The zero-order chi connectivity index (χ0) is 21.8. The lowest BCUT2D eigenvalue weighted by molar-refractivity contribution is -0.128. The lowest BCUT2D eigenvalue weighted by Crippen LogP contribution is -2.46. The molecule has 29 heavy (non-hydrogen) atoms. The van der Waals surface area contributed by atoms with Gasteiger partial charge in [-0.05, 0) is 50.3 Å². The van der Waals surface area contributed by atoms with Gasteiger partial charge >= 0.3 is 5.97 Å². The van der Waals surface area contributed by atoms with Gasteiger partial charge in [0.2, 0.25) is 11.8 Å². The Balaban J connectivity index is 2.91. The molecule has 2 amide bonds. The molecule has 0 saturated carbocycles. The van der Waals surface area contributed by atoms with Crippen LogP contribution in [-0.4, -0.2) is 60.7 Å². The van der Waals surface area contributed by atoms with Gasteiger partial charge in [0.05, 0.1) is 13.2 Å². The van der Waals surface area contributed by atoms with E-state index in [1.165, 1.54) is 6.92 Å². The fourth-order valence-electron chi connectivity index (χ4n) is 2.80. The van der Waals surface area contributed by atoms with Crippen LogP contribution in [0.3, 0.4) is 0 Å². The Bertz CT molecular complexity index is 710. The number of benzene rings is 1. The Morgan fingerprint density at radius 3 is 2.41 bits per heavy atom. The van der Waals surface area contributed by atoms with Crippen molar-refractivity contribution in [2.75, 3.05) is 31.8 Å². The average Bonchev–Trinajstić information content (AvgIpc) is 2.66. The number of carboxylic acids is 1. The Hall–Kier alpha value is -2.42. The first kappa shape index (κ1) is 24.6. The van der Waals surface area contributed by atoms with Crippen molar-refractivity contribution in [2.45, 2.75) is 39.7 Å². The number of amides is 2. The normalized spacial score (nSPS) is 11.4. The Morgan fingerprint density at radius 1 is 1.17 bits per heavy atom. The smallest absolute Gasteiger partial charge is 0.339 e. The topological polar surface area (TPSA) is 114 Å². The van der Waals surface area contributed by atoms with Gasteiger partial charge in [0.15, 0.2) is 11.5 Å². The van der Waals surface area contributed by atoms with Crippen molar-refractivity contribution in [2.24, 2.45) is 0 Å². The molecule has 1 rings (SSSR count). The van der Waals surface area contributed by atoms with Crippen molar-refractivity contribution in [3.05, 3.63) is 23.3 Å². The molecule has 0 aliphatic carbocycles. The number of ether oxygens (including phenoxy) is 2. The van der Waals surface area contributed by atoms with E-state index >= 15 is 0 Å². The van der Waals surface area contributed by atoms with E-state index in [1.54, 1.807) is 30.8 Å². The molecule has 9 heteroatoms. The van der Waals surface area contributed by atoms with Gasteiger partial charge in [0.1, 0.15) is 11.6 Å². The van der Waals surface area contributed by atoms with Crippen molar-refractivity contribution in [3.8, 4) is 11.5 Å². The van der Waals surface area contributed by atoms with E-state index in [2.05, 4.69) is 10.6 Å². The molecule has 1 aromatic carbocycles. The Kier molecular flexibility index (Phi) is 11.0. The number of nitrogens with one attached hydrogen (secondary N) is 2. The molecule has 0 spiro atoms. The maximum absolute atomic E-state index is 12.4. The van der Waals surface area contributed by atoms with Crippen LogP contribution in [0.25, 0.3) is 0 Å². The molecule has 0 heterocycles. The van der Waals surface area contributed by atoms with Crippen molar-refractivity contribution < 1.29 is 29.0 Å². The van der Waals surface area contributed by atoms with Crippen molar-refractivity contribution in [1.29, 1.82) is 0 Å². The summed E-state index contributed by atoms with van der Waals surface area (Å²) in [6.45, 7) is 5.86. The third kappa shape index (κ3) is 7.84. The summed E-state index contributed by atoms with van der Waals surface area (Å²) in [6, 6.07) is 2.73. The van der Waals surface area contributed by atoms with Gasteiger partial charge < -0.3 is 25.2 Å². The zero-order valence-electron chi connectivity index (χ0n) is 17.4. The summed E-state index contributed by atoms with van der Waals surface area (Å²) in [5.74, 6) is -0.371. The lowest BCUT2D eigenvalue weighted by Gasteiger charge is -2.18. The lowest BCUT2D eigenvalue weighted by atomic mass is 10.0. The van der Waals surface area contributed by atoms with Crippen LogP contribution in [0.2, 0.25) is 0 Å². The van der Waals surface area contributed by atoms with Crippen LogP contribution in [0.15, 0.2) is 12.1 Å². The summed E-state index contributed by atoms with van der Waals surface area (Å²) in [5, 5.41) is 15.1. The molecule has 162 valence electrons. The first-order chi connectivity index (χ1) is 13.8. The number of aromatic carboxylic acids is 1. The fraction of sp³-hybridized carbons (Fsp3) is 0.550. The van der Waals surface area contributed by atoms with E-state index in [0.29, 0.717) is 37.4 Å². The van der Waals surface area contributed by atoms with Crippen LogP contribution in [0, 0.1) is 0 Å². The Morgan fingerprint density at radius 2 is 1.86 bits per heavy atom.